The van der Waals surface area contributed by atoms with Crippen LogP contribution in [0.25, 0.3) is 0 Å². The first kappa shape index (κ1) is 37.8. The molecule has 278 valence electrons. The highest BCUT2D eigenvalue weighted by atomic mass is 16.5. The Balaban J connectivity index is 1.04. The van der Waals surface area contributed by atoms with Crippen LogP contribution in [-0.2, 0) is 5.41 Å². The maximum atomic E-state index is 6.18. The SMILES string of the molecule is CCCCCCCCCCCC[C@H]1CC[C@@H](C2CCC(c3ccc(Oc4ccc(N)cc4)cc3)(c3ccc(Oc4ccc(N)cc4)cc3)CC2)CC1. The Hall–Kier alpha value is -3.92. The predicted molar refractivity (Wildman–Crippen MR) is 219 cm³/mol. The Kier molecular flexibility index (Phi) is 14.0. The summed E-state index contributed by atoms with van der Waals surface area (Å²) in [4.78, 5) is 0. The third-order valence-corrected chi connectivity index (χ3v) is 12.5. The minimum Gasteiger partial charge on any atom is -0.457 e. The second kappa shape index (κ2) is 19.2. The number of hydrogen-bond acceptors (Lipinski definition) is 4. The van der Waals surface area contributed by atoms with Gasteiger partial charge >= 0.3 is 0 Å². The van der Waals surface area contributed by atoms with E-state index in [4.69, 9.17) is 20.9 Å². The first-order chi connectivity index (χ1) is 25.5. The Morgan fingerprint density at radius 2 is 0.827 bits per heavy atom. The number of ether oxygens (including phenoxy) is 2. The van der Waals surface area contributed by atoms with E-state index in [9.17, 15) is 0 Å². The molecule has 0 radical (unpaired) electrons. The van der Waals surface area contributed by atoms with Gasteiger partial charge in [-0.2, -0.15) is 0 Å². The summed E-state index contributed by atoms with van der Waals surface area (Å²) < 4.78 is 12.4. The molecule has 0 unspecified atom stereocenters. The van der Waals surface area contributed by atoms with Crippen molar-refractivity contribution in [1.82, 2.24) is 0 Å². The van der Waals surface area contributed by atoms with Crippen molar-refractivity contribution in [3.8, 4) is 23.0 Å². The molecule has 2 saturated carbocycles. The summed E-state index contributed by atoms with van der Waals surface area (Å²) in [6.45, 7) is 2.30. The lowest BCUT2D eigenvalue weighted by atomic mass is 9.60. The molecule has 0 aliphatic heterocycles. The molecule has 2 aliphatic rings. The predicted octanol–water partition coefficient (Wildman–Crippen LogP) is 14.0. The molecule has 0 spiro atoms. The van der Waals surface area contributed by atoms with Gasteiger partial charge in [-0.3, -0.25) is 0 Å². The van der Waals surface area contributed by atoms with Crippen LogP contribution in [0.4, 0.5) is 11.4 Å². The zero-order valence-corrected chi connectivity index (χ0v) is 31.9. The molecular formula is C48H64N2O2. The third-order valence-electron chi connectivity index (χ3n) is 12.5. The van der Waals surface area contributed by atoms with Gasteiger partial charge in [0.2, 0.25) is 0 Å². The number of hydrogen-bond donors (Lipinski definition) is 2. The van der Waals surface area contributed by atoms with Gasteiger partial charge in [0.15, 0.2) is 0 Å². The highest BCUT2D eigenvalue weighted by molar-refractivity contribution is 5.47. The Labute approximate surface area is 314 Å². The lowest BCUT2D eigenvalue weighted by Crippen LogP contribution is -2.35. The van der Waals surface area contributed by atoms with E-state index in [0.717, 1.165) is 52.1 Å². The van der Waals surface area contributed by atoms with Crippen LogP contribution in [0.5, 0.6) is 23.0 Å². The van der Waals surface area contributed by atoms with E-state index in [1.54, 1.807) is 0 Å². The minimum absolute atomic E-state index is 0.0251. The van der Waals surface area contributed by atoms with Crippen molar-refractivity contribution >= 4 is 11.4 Å². The van der Waals surface area contributed by atoms with Gasteiger partial charge in [0.25, 0.3) is 0 Å². The largest absolute Gasteiger partial charge is 0.457 e. The fourth-order valence-corrected chi connectivity index (χ4v) is 9.25. The topological polar surface area (TPSA) is 70.5 Å². The molecular weight excluding hydrogens is 637 g/mol. The lowest BCUT2D eigenvalue weighted by molar-refractivity contribution is 0.140. The van der Waals surface area contributed by atoms with Gasteiger partial charge in [-0.15, -0.1) is 0 Å². The zero-order chi connectivity index (χ0) is 36.0. The third kappa shape index (κ3) is 10.6. The van der Waals surface area contributed by atoms with Crippen LogP contribution in [0.15, 0.2) is 97.1 Å². The minimum atomic E-state index is -0.0251. The summed E-state index contributed by atoms with van der Waals surface area (Å²) in [5.41, 5.74) is 16.0. The van der Waals surface area contributed by atoms with Gasteiger partial charge < -0.3 is 20.9 Å². The van der Waals surface area contributed by atoms with Crippen LogP contribution in [0.2, 0.25) is 0 Å². The fraction of sp³-hybridized carbons (Fsp3) is 0.500. The first-order valence-electron chi connectivity index (χ1n) is 20.8. The van der Waals surface area contributed by atoms with Crippen LogP contribution < -0.4 is 20.9 Å². The maximum Gasteiger partial charge on any atom is 0.127 e. The van der Waals surface area contributed by atoms with Crippen LogP contribution in [-0.4, -0.2) is 0 Å². The molecule has 6 rings (SSSR count). The number of benzene rings is 4. The Bertz CT molecular complexity index is 1490. The highest BCUT2D eigenvalue weighted by Gasteiger charge is 2.41. The van der Waals surface area contributed by atoms with Crippen LogP contribution in [0, 0.1) is 17.8 Å². The monoisotopic (exact) mass is 700 g/mol. The number of nitrogen functional groups attached to an aromatic ring is 2. The van der Waals surface area contributed by atoms with Gasteiger partial charge in [-0.05, 0) is 140 Å². The summed E-state index contributed by atoms with van der Waals surface area (Å²) in [5, 5.41) is 0. The van der Waals surface area contributed by atoms with Crippen molar-refractivity contribution in [2.24, 2.45) is 17.8 Å². The molecule has 4 aromatic carbocycles. The zero-order valence-electron chi connectivity index (χ0n) is 31.9. The van der Waals surface area contributed by atoms with Crippen molar-refractivity contribution in [3.05, 3.63) is 108 Å². The number of nitrogens with two attached hydrogens (primary N) is 2. The molecule has 2 fully saturated rings. The molecule has 52 heavy (non-hydrogen) atoms. The molecule has 0 bridgehead atoms. The van der Waals surface area contributed by atoms with Crippen molar-refractivity contribution in [2.45, 2.75) is 134 Å². The molecule has 4 heteroatoms. The van der Waals surface area contributed by atoms with Crippen molar-refractivity contribution in [1.29, 1.82) is 0 Å². The van der Waals surface area contributed by atoms with Crippen LogP contribution in [0.3, 0.4) is 0 Å². The van der Waals surface area contributed by atoms with E-state index in [1.807, 2.05) is 48.5 Å². The summed E-state index contributed by atoms with van der Waals surface area (Å²) in [7, 11) is 0. The van der Waals surface area contributed by atoms with E-state index < -0.39 is 0 Å². The van der Waals surface area contributed by atoms with Crippen molar-refractivity contribution in [2.75, 3.05) is 11.5 Å². The average molecular weight is 701 g/mol. The number of anilines is 2. The summed E-state index contributed by atoms with van der Waals surface area (Å²) >= 11 is 0. The van der Waals surface area contributed by atoms with E-state index in [0.29, 0.717) is 0 Å². The molecule has 4 N–H and O–H groups in total. The van der Waals surface area contributed by atoms with Gasteiger partial charge in [-0.25, -0.2) is 0 Å². The smallest absolute Gasteiger partial charge is 0.127 e. The molecule has 0 atom stereocenters. The Morgan fingerprint density at radius 3 is 1.25 bits per heavy atom. The van der Waals surface area contributed by atoms with Gasteiger partial charge in [-0.1, -0.05) is 115 Å². The van der Waals surface area contributed by atoms with E-state index in [1.165, 1.54) is 133 Å². The molecule has 4 nitrogen and oxygen atoms in total. The number of unbranched alkanes of at least 4 members (excludes halogenated alkanes) is 9. The van der Waals surface area contributed by atoms with Gasteiger partial charge in [0.05, 0.1) is 0 Å². The Morgan fingerprint density at radius 1 is 0.462 bits per heavy atom. The fourth-order valence-electron chi connectivity index (χ4n) is 9.25. The highest BCUT2D eigenvalue weighted by Crippen LogP contribution is 2.51. The second-order valence-electron chi connectivity index (χ2n) is 16.1. The van der Waals surface area contributed by atoms with E-state index >= 15 is 0 Å². The second-order valence-corrected chi connectivity index (χ2v) is 16.1. The van der Waals surface area contributed by atoms with E-state index in [-0.39, 0.29) is 5.41 Å². The van der Waals surface area contributed by atoms with Crippen molar-refractivity contribution in [3.63, 3.8) is 0 Å². The van der Waals surface area contributed by atoms with Crippen LogP contribution in [0.1, 0.15) is 140 Å². The summed E-state index contributed by atoms with van der Waals surface area (Å²) in [6.07, 6.45) is 26.5. The average Bonchev–Trinajstić information content (AvgIpc) is 3.18. The summed E-state index contributed by atoms with van der Waals surface area (Å²) in [5.74, 6) is 5.99. The normalized spacial score (nSPS) is 18.9. The first-order valence-corrected chi connectivity index (χ1v) is 20.8. The van der Waals surface area contributed by atoms with Gasteiger partial charge in [0, 0.05) is 16.8 Å². The molecule has 0 saturated heterocycles. The maximum absolute atomic E-state index is 6.18. The van der Waals surface area contributed by atoms with Crippen molar-refractivity contribution < 1.29 is 9.47 Å². The molecule has 0 amide bonds. The quantitative estimate of drug-likeness (QED) is 0.0800. The lowest BCUT2D eigenvalue weighted by Gasteiger charge is -2.44. The molecule has 4 aromatic rings. The molecule has 0 heterocycles. The summed E-state index contributed by atoms with van der Waals surface area (Å²) in [6, 6.07) is 32.9. The standard InChI is InChI=1S/C48H64N2O2/c1-2-3-4-5-6-7-8-9-10-11-12-37-13-15-38(16-14-37)39-33-35-48(36-34-39,40-17-25-44(26-18-40)51-46-29-21-42(49)22-30-46)41-19-27-45(28-20-41)52-47-31-23-43(50)24-32-47/h17-32,37-39H,2-16,33-36,49-50H2,1H3/t37-,38+. The van der Waals surface area contributed by atoms with Gasteiger partial charge in [0.1, 0.15) is 23.0 Å². The molecule has 0 aromatic heterocycles. The molecule has 2 aliphatic carbocycles. The van der Waals surface area contributed by atoms with Crippen LogP contribution >= 0.6 is 0 Å². The van der Waals surface area contributed by atoms with E-state index in [2.05, 4.69) is 55.5 Å². The number of rotatable bonds is 18.